The number of nitrogens with one attached hydrogen (secondary N) is 11. The first-order chi connectivity index (χ1) is 44.5. The molecule has 0 bridgehead atoms. The predicted molar refractivity (Wildman–Crippen MR) is 347 cm³/mol. The maximum Gasteiger partial charge on any atom is 0.329 e. The molecule has 31 nitrogen and oxygen atoms in total. The number of nitrogens with two attached hydrogens (primary N) is 1. The van der Waals surface area contributed by atoms with Crippen LogP contribution in [0.2, 0.25) is 0 Å². The Kier molecular flexibility index (Phi) is 34.4. The summed E-state index contributed by atoms with van der Waals surface area (Å²) in [5.74, 6) is -12.5. The summed E-state index contributed by atoms with van der Waals surface area (Å²) < 4.78 is 11.3. The molecule has 31 heteroatoms. The molecule has 2 aliphatic heterocycles. The Morgan fingerprint density at radius 1 is 0.649 bits per heavy atom. The lowest BCUT2D eigenvalue weighted by Crippen LogP contribution is -2.63. The smallest absolute Gasteiger partial charge is 0.329 e. The molecule has 0 spiro atoms. The number of hydrogen-bond donors (Lipinski definition) is 14. The molecular formula is C63H105N15O16. The predicted octanol–water partition coefficient (Wildman–Crippen LogP) is -3.30. The van der Waals surface area contributed by atoms with Crippen molar-refractivity contribution in [1.29, 1.82) is 0 Å². The van der Waals surface area contributed by atoms with E-state index in [0.29, 0.717) is 51.5 Å². The number of hydrogen-bond acceptors (Lipinski definition) is 18. The fourth-order valence-electron chi connectivity index (χ4n) is 10.2. The Labute approximate surface area is 551 Å². The third-order valence-electron chi connectivity index (χ3n) is 17.1. The third-order valence-corrected chi connectivity index (χ3v) is 17.1. The number of carbonyl (C=O) groups excluding carboxylic acids is 12. The average molecular weight is 1330 g/mol. The van der Waals surface area contributed by atoms with Crippen molar-refractivity contribution in [2.45, 2.75) is 193 Å². The topological polar surface area (TPSA) is 441 Å². The number of amides is 11. The summed E-state index contributed by atoms with van der Waals surface area (Å²) in [4.78, 5) is 175. The highest BCUT2D eigenvalue weighted by molar-refractivity contribution is 5.99. The molecule has 3 rings (SSSR count). The molecule has 94 heavy (non-hydrogen) atoms. The van der Waals surface area contributed by atoms with Gasteiger partial charge in [-0.15, -0.1) is 0 Å². The molecular weight excluding hydrogens is 1220 g/mol. The van der Waals surface area contributed by atoms with Crippen LogP contribution < -0.4 is 64.2 Å². The standard InChI is InChI=1S/C63H105N15O16/c1-14-34(5)47(73-55(85)43(65-11)31-40-21-19-18-20-22-40)58(88)70-44(32-79)56(86)69-41(23-24-46(64)81)53(83)72-49(36(7)16-3)60(90)74-48(35(6)15-2)59(89)71-45(33-80)57(87)76-51-39(10)94-62(92)50(37(8)17-4)75-54(84)42(68-52(82)38(9)67-61(51)91)25-26-66-63(77(12)13)78-27-29-93-30-28-78/h18-22,34-39,41-45,47-51,65,79-80H,14-17,23-33H2,1-13H3,(H2,64,81)(H,67,91)(H,68,82)(H,69,86)(H,70,88)(H,71,89)(H,72,83)(H,73,85)(H,74,90)(H,75,84)(H,76,87)/t34-,35-,36-,37-,38-,39-,41+,42-,43+,44-,45-,47-,48-,49+,50-,51+/m0/s1. The van der Waals surface area contributed by atoms with Gasteiger partial charge in [-0.05, 0) is 69.4 Å². The quantitative estimate of drug-likeness (QED) is 0.0186. The maximum atomic E-state index is 14.5. The van der Waals surface area contributed by atoms with Crippen LogP contribution in [0.15, 0.2) is 35.3 Å². The summed E-state index contributed by atoms with van der Waals surface area (Å²) in [5.41, 5.74) is 6.32. The number of carbonyl (C=O) groups is 12. The van der Waals surface area contributed by atoms with Gasteiger partial charge in [0.05, 0.1) is 32.5 Å². The van der Waals surface area contributed by atoms with Crippen molar-refractivity contribution < 1.29 is 77.2 Å². The van der Waals surface area contributed by atoms with Crippen molar-refractivity contribution in [3.63, 3.8) is 0 Å². The van der Waals surface area contributed by atoms with Gasteiger partial charge in [-0.1, -0.05) is 111 Å². The SMILES string of the molecule is CC[C@H](C)[C@H](NC(=O)[C@@H](Cc1ccccc1)NC)C(=O)N[C@@H](CO)C(=O)N[C@H](CCC(N)=O)C(=O)N[C@@H](C(=O)N[C@H](C(=O)N[C@@H](CO)C(=O)N[C@H]1C(=O)N[C@@H](C)C(=O)N[C@@H](CCN=C(N(C)C)N2CCOCC2)C(=O)N[C@@H]([C@@H](C)CC)C(=O)O[C@H]1C)[C@@H](C)CC)[C@@H](C)CC. The second-order valence-electron chi connectivity index (χ2n) is 24.5. The fourth-order valence-corrected chi connectivity index (χ4v) is 10.2. The zero-order chi connectivity index (χ0) is 70.5. The highest BCUT2D eigenvalue weighted by Gasteiger charge is 2.41. The first-order valence-electron chi connectivity index (χ1n) is 32.5. The minimum atomic E-state index is -1.83. The van der Waals surface area contributed by atoms with Crippen LogP contribution in [-0.4, -0.2) is 237 Å². The Morgan fingerprint density at radius 2 is 1.14 bits per heavy atom. The van der Waals surface area contributed by atoms with E-state index in [4.69, 9.17) is 20.2 Å². The van der Waals surface area contributed by atoms with Crippen molar-refractivity contribution in [3.8, 4) is 0 Å². The van der Waals surface area contributed by atoms with Crippen LogP contribution in [0, 0.1) is 23.7 Å². The highest BCUT2D eigenvalue weighted by atomic mass is 16.5. The van der Waals surface area contributed by atoms with Crippen molar-refractivity contribution >= 4 is 76.9 Å². The Balaban J connectivity index is 1.86. The van der Waals surface area contributed by atoms with Gasteiger partial charge in [0.25, 0.3) is 0 Å². The van der Waals surface area contributed by atoms with E-state index in [1.54, 1.807) is 62.4 Å². The summed E-state index contributed by atoms with van der Waals surface area (Å²) in [5, 5.41) is 49.7. The Hall–Kier alpha value is -8.03. The van der Waals surface area contributed by atoms with E-state index in [1.807, 2.05) is 54.2 Å². The number of ether oxygens (including phenoxy) is 2. The molecule has 2 saturated heterocycles. The first kappa shape index (κ1) is 80.2. The number of guanidine groups is 1. The van der Waals surface area contributed by atoms with Crippen molar-refractivity contribution in [3.05, 3.63) is 35.9 Å². The van der Waals surface area contributed by atoms with E-state index < -0.39 is 193 Å². The summed E-state index contributed by atoms with van der Waals surface area (Å²) >= 11 is 0. The second-order valence-corrected chi connectivity index (χ2v) is 24.5. The van der Waals surface area contributed by atoms with Crippen LogP contribution in [0.5, 0.6) is 0 Å². The number of aliphatic imine (C=N–C) groups is 1. The van der Waals surface area contributed by atoms with Crippen molar-refractivity contribution in [2.75, 3.05) is 67.2 Å². The van der Waals surface area contributed by atoms with Gasteiger partial charge in [0.2, 0.25) is 65.0 Å². The molecule has 2 fully saturated rings. The van der Waals surface area contributed by atoms with E-state index >= 15 is 0 Å². The molecule has 528 valence electrons. The molecule has 11 amide bonds. The monoisotopic (exact) mass is 1330 g/mol. The number of esters is 1. The number of cyclic esters (lactones) is 1. The molecule has 0 unspecified atom stereocenters. The average Bonchev–Trinajstić information content (AvgIpc) is 1.28. The molecule has 1 aromatic rings. The molecule has 16 atom stereocenters. The molecule has 1 aromatic carbocycles. The van der Waals surface area contributed by atoms with Gasteiger partial charge < -0.3 is 93.7 Å². The van der Waals surface area contributed by atoms with Gasteiger partial charge in [-0.25, -0.2) is 4.79 Å². The van der Waals surface area contributed by atoms with Crippen LogP contribution in [-0.2, 0) is 73.4 Å². The molecule has 0 aromatic heterocycles. The fraction of sp³-hybridized carbons (Fsp3) is 0.698. The number of rotatable bonds is 33. The van der Waals surface area contributed by atoms with Gasteiger partial charge >= 0.3 is 5.97 Å². The minimum Gasteiger partial charge on any atom is -0.458 e. The van der Waals surface area contributed by atoms with E-state index in [1.165, 1.54) is 13.8 Å². The molecule has 0 aliphatic carbocycles. The lowest BCUT2D eigenvalue weighted by molar-refractivity contribution is -0.157. The number of likely N-dealkylation sites (N-methyl/N-ethyl adjacent to an activating group) is 1. The van der Waals surface area contributed by atoms with Gasteiger partial charge in [0.15, 0.2) is 5.96 Å². The number of morpholine rings is 1. The summed E-state index contributed by atoms with van der Waals surface area (Å²) in [6.45, 7) is 16.4. The number of benzene rings is 1. The summed E-state index contributed by atoms with van der Waals surface area (Å²) in [7, 11) is 5.24. The second kappa shape index (κ2) is 40.3. The lowest BCUT2D eigenvalue weighted by Gasteiger charge is -2.33. The zero-order valence-electron chi connectivity index (χ0n) is 56.8. The number of primary amides is 1. The number of aliphatic hydroxyl groups is 2. The summed E-state index contributed by atoms with van der Waals surface area (Å²) in [6, 6.07) is -6.41. The Morgan fingerprint density at radius 3 is 1.63 bits per heavy atom. The van der Waals surface area contributed by atoms with Gasteiger partial charge in [-0.2, -0.15) is 0 Å². The maximum absolute atomic E-state index is 14.5. The van der Waals surface area contributed by atoms with E-state index in [-0.39, 0.29) is 25.8 Å². The third kappa shape index (κ3) is 24.7. The van der Waals surface area contributed by atoms with Gasteiger partial charge in [-0.3, -0.25) is 57.7 Å². The van der Waals surface area contributed by atoms with Gasteiger partial charge in [0, 0.05) is 40.2 Å². The van der Waals surface area contributed by atoms with Crippen LogP contribution in [0.1, 0.15) is 120 Å². The molecule has 0 radical (unpaired) electrons. The highest BCUT2D eigenvalue weighted by Crippen LogP contribution is 2.18. The number of aliphatic hydroxyl groups excluding tert-OH is 2. The van der Waals surface area contributed by atoms with Crippen molar-refractivity contribution in [1.82, 2.24) is 68.3 Å². The molecule has 15 N–H and O–H groups in total. The van der Waals surface area contributed by atoms with E-state index in [0.717, 1.165) is 5.56 Å². The first-order valence-corrected chi connectivity index (χ1v) is 32.5. The normalized spacial score (nSPS) is 21.7. The van der Waals surface area contributed by atoms with Crippen LogP contribution in [0.4, 0.5) is 0 Å². The molecule has 2 aliphatic rings. The minimum absolute atomic E-state index is 0.0129. The van der Waals surface area contributed by atoms with Gasteiger partial charge in [0.1, 0.15) is 66.5 Å². The molecule has 2 heterocycles. The van der Waals surface area contributed by atoms with Crippen molar-refractivity contribution in [2.24, 2.45) is 34.4 Å². The van der Waals surface area contributed by atoms with E-state index in [9.17, 15) is 67.7 Å². The van der Waals surface area contributed by atoms with Crippen LogP contribution >= 0.6 is 0 Å². The summed E-state index contributed by atoms with van der Waals surface area (Å²) in [6.07, 6.45) is -0.761. The van der Waals surface area contributed by atoms with Crippen LogP contribution in [0.3, 0.4) is 0 Å². The zero-order valence-corrected chi connectivity index (χ0v) is 56.8. The number of nitrogens with zero attached hydrogens (tertiary/aromatic N) is 3. The Bertz CT molecular complexity index is 2740. The van der Waals surface area contributed by atoms with E-state index in [2.05, 4.69) is 58.5 Å². The largest absolute Gasteiger partial charge is 0.458 e. The molecule has 0 saturated carbocycles. The van der Waals surface area contributed by atoms with Crippen LogP contribution in [0.25, 0.3) is 0 Å². The lowest BCUT2D eigenvalue weighted by atomic mass is 9.94.